The number of anilines is 3. The van der Waals surface area contributed by atoms with Crippen molar-refractivity contribution >= 4 is 33.8 Å². The number of thiazole rings is 1. The van der Waals surface area contributed by atoms with Gasteiger partial charge >= 0.3 is 6.36 Å². The summed E-state index contributed by atoms with van der Waals surface area (Å²) in [6.45, 7) is 0. The number of halogens is 3. The largest absolute Gasteiger partial charge is 0.573 e. The molecule has 30 heavy (non-hydrogen) atoms. The molecule has 0 saturated carbocycles. The van der Waals surface area contributed by atoms with Crippen LogP contribution >= 0.6 is 11.3 Å². The fraction of sp³-hybridized carbons (Fsp3) is 0.158. The molecule has 0 spiro atoms. The summed E-state index contributed by atoms with van der Waals surface area (Å²) in [4.78, 5) is 16.6. The van der Waals surface area contributed by atoms with Crippen LogP contribution in [0.4, 0.5) is 29.7 Å². The van der Waals surface area contributed by atoms with Gasteiger partial charge in [-0.05, 0) is 24.3 Å². The summed E-state index contributed by atoms with van der Waals surface area (Å²) >= 11 is 1.15. The number of rotatable bonds is 7. The van der Waals surface area contributed by atoms with E-state index in [1.807, 2.05) is 0 Å². The molecule has 158 valence electrons. The Morgan fingerprint density at radius 3 is 2.50 bits per heavy atom. The van der Waals surface area contributed by atoms with Crippen LogP contribution in [-0.2, 0) is 0 Å². The maximum atomic E-state index is 12.5. The number of para-hydroxylation sites is 2. The Morgan fingerprint density at radius 2 is 1.80 bits per heavy atom. The van der Waals surface area contributed by atoms with Crippen molar-refractivity contribution in [2.24, 2.45) is 0 Å². The summed E-state index contributed by atoms with van der Waals surface area (Å²) in [6.07, 6.45) is -4.88. The van der Waals surface area contributed by atoms with Gasteiger partial charge in [0.25, 0.3) is 5.91 Å². The van der Waals surface area contributed by atoms with E-state index in [1.165, 1.54) is 37.8 Å². The number of carbonyl (C=O) groups is 1. The number of hydrogen-bond donors (Lipinski definition) is 2. The lowest BCUT2D eigenvalue weighted by molar-refractivity contribution is -0.274. The number of nitrogens with one attached hydrogen (secondary N) is 2. The average Bonchev–Trinajstić information content (AvgIpc) is 3.17. The first kappa shape index (κ1) is 21.2. The van der Waals surface area contributed by atoms with E-state index in [2.05, 4.69) is 20.4 Å². The Labute approximate surface area is 173 Å². The van der Waals surface area contributed by atoms with Crippen LogP contribution in [0.5, 0.6) is 17.2 Å². The number of hydrogen-bond acceptors (Lipinski definition) is 7. The van der Waals surface area contributed by atoms with Gasteiger partial charge in [0.15, 0.2) is 10.9 Å². The lowest BCUT2D eigenvalue weighted by Crippen LogP contribution is -2.19. The molecule has 3 aromatic rings. The Balaban J connectivity index is 1.74. The minimum absolute atomic E-state index is 0.0248. The van der Waals surface area contributed by atoms with Crippen molar-refractivity contribution in [3.05, 3.63) is 53.5 Å². The van der Waals surface area contributed by atoms with Crippen LogP contribution in [0.1, 0.15) is 10.5 Å². The monoisotopic (exact) mass is 439 g/mol. The predicted molar refractivity (Wildman–Crippen MR) is 106 cm³/mol. The third-order valence-corrected chi connectivity index (χ3v) is 4.51. The molecule has 0 atom stereocenters. The highest BCUT2D eigenvalue weighted by Gasteiger charge is 2.32. The van der Waals surface area contributed by atoms with E-state index in [-0.39, 0.29) is 11.4 Å². The molecule has 0 unspecified atom stereocenters. The number of carbonyl (C=O) groups excluding carboxylic acids is 1. The quantitative estimate of drug-likeness (QED) is 0.536. The Kier molecular flexibility index (Phi) is 6.31. The summed E-state index contributed by atoms with van der Waals surface area (Å²) in [6, 6.07) is 10.4. The minimum atomic E-state index is -4.88. The lowest BCUT2D eigenvalue weighted by atomic mass is 10.2. The van der Waals surface area contributed by atoms with Crippen molar-refractivity contribution in [3.63, 3.8) is 0 Å². The van der Waals surface area contributed by atoms with Crippen LogP contribution < -0.4 is 24.8 Å². The van der Waals surface area contributed by atoms with Crippen LogP contribution in [0, 0.1) is 0 Å². The normalized spacial score (nSPS) is 11.0. The fourth-order valence-electron chi connectivity index (χ4n) is 2.42. The maximum Gasteiger partial charge on any atom is 0.573 e. The van der Waals surface area contributed by atoms with Gasteiger partial charge in [-0.3, -0.25) is 4.79 Å². The van der Waals surface area contributed by atoms with E-state index < -0.39 is 18.0 Å². The van der Waals surface area contributed by atoms with E-state index in [0.717, 1.165) is 17.4 Å². The zero-order valence-corrected chi connectivity index (χ0v) is 16.6. The molecular formula is C19H16F3N3O4S. The van der Waals surface area contributed by atoms with E-state index in [0.29, 0.717) is 22.3 Å². The number of aromatic nitrogens is 1. The highest BCUT2D eigenvalue weighted by molar-refractivity contribution is 7.14. The highest BCUT2D eigenvalue weighted by atomic mass is 32.1. The number of nitrogens with zero attached hydrogens (tertiary/aromatic N) is 1. The van der Waals surface area contributed by atoms with Crippen molar-refractivity contribution in [2.75, 3.05) is 24.9 Å². The predicted octanol–water partition coefficient (Wildman–Crippen LogP) is 5.05. The molecule has 7 nitrogen and oxygen atoms in total. The molecule has 1 aromatic heterocycles. The molecule has 0 radical (unpaired) electrons. The number of benzene rings is 2. The Hall–Kier alpha value is -3.47. The van der Waals surface area contributed by atoms with Crippen molar-refractivity contribution < 1.29 is 32.2 Å². The van der Waals surface area contributed by atoms with Crippen LogP contribution in [0.15, 0.2) is 47.8 Å². The molecule has 1 heterocycles. The first-order valence-electron chi connectivity index (χ1n) is 8.40. The van der Waals surface area contributed by atoms with Gasteiger partial charge in [-0.15, -0.1) is 24.5 Å². The summed E-state index contributed by atoms with van der Waals surface area (Å²) in [5.41, 5.74) is 0.500. The third-order valence-electron chi connectivity index (χ3n) is 3.75. The van der Waals surface area contributed by atoms with Gasteiger partial charge in [0, 0.05) is 11.4 Å². The summed E-state index contributed by atoms with van der Waals surface area (Å²) in [5.74, 6) is -0.0840. The van der Waals surface area contributed by atoms with Gasteiger partial charge in [0.1, 0.15) is 17.2 Å². The highest BCUT2D eigenvalue weighted by Crippen LogP contribution is 2.33. The van der Waals surface area contributed by atoms with E-state index in [4.69, 9.17) is 9.47 Å². The molecule has 0 saturated heterocycles. The number of amides is 1. The number of ether oxygens (including phenoxy) is 3. The van der Waals surface area contributed by atoms with Gasteiger partial charge in [0.05, 0.1) is 25.6 Å². The van der Waals surface area contributed by atoms with Crippen LogP contribution in [-0.4, -0.2) is 31.5 Å². The third kappa shape index (κ3) is 5.32. The van der Waals surface area contributed by atoms with Gasteiger partial charge in [-0.25, -0.2) is 4.98 Å². The van der Waals surface area contributed by atoms with Crippen molar-refractivity contribution in [2.45, 2.75) is 6.36 Å². The average molecular weight is 439 g/mol. The van der Waals surface area contributed by atoms with Gasteiger partial charge in [0.2, 0.25) is 0 Å². The van der Waals surface area contributed by atoms with Crippen molar-refractivity contribution in [3.8, 4) is 17.2 Å². The number of methoxy groups -OCH3 is 2. The van der Waals surface area contributed by atoms with Crippen molar-refractivity contribution in [1.29, 1.82) is 0 Å². The standard InChI is InChI=1S/C19H16F3N3O4S/c1-27-11-7-8-13(16(9-11)28-2)24-18-25-14(10-30-18)17(26)23-12-5-3-4-6-15(12)29-19(20,21)22/h3-10H,1-2H3,(H,23,26)(H,24,25). The molecular weight excluding hydrogens is 423 g/mol. The molecule has 0 fully saturated rings. The molecule has 11 heteroatoms. The molecule has 0 aliphatic heterocycles. The van der Waals surface area contributed by atoms with E-state index in [9.17, 15) is 18.0 Å². The zero-order chi connectivity index (χ0) is 21.7. The Bertz CT molecular complexity index is 1040. The minimum Gasteiger partial charge on any atom is -0.497 e. The summed E-state index contributed by atoms with van der Waals surface area (Å²) in [7, 11) is 3.03. The lowest BCUT2D eigenvalue weighted by Gasteiger charge is -2.13. The molecule has 0 aliphatic carbocycles. The first-order chi connectivity index (χ1) is 14.3. The smallest absolute Gasteiger partial charge is 0.497 e. The Morgan fingerprint density at radius 1 is 1.03 bits per heavy atom. The van der Waals surface area contributed by atoms with E-state index in [1.54, 1.807) is 18.2 Å². The molecule has 3 rings (SSSR count). The van der Waals surface area contributed by atoms with Crippen LogP contribution in [0.3, 0.4) is 0 Å². The molecule has 0 bridgehead atoms. The molecule has 2 N–H and O–H groups in total. The van der Waals surface area contributed by atoms with Crippen LogP contribution in [0.2, 0.25) is 0 Å². The zero-order valence-electron chi connectivity index (χ0n) is 15.7. The van der Waals surface area contributed by atoms with E-state index >= 15 is 0 Å². The second-order valence-electron chi connectivity index (χ2n) is 5.73. The van der Waals surface area contributed by atoms with Gasteiger partial charge in [-0.2, -0.15) is 0 Å². The summed E-state index contributed by atoms with van der Waals surface area (Å²) in [5, 5.41) is 7.27. The topological polar surface area (TPSA) is 81.7 Å². The van der Waals surface area contributed by atoms with Crippen LogP contribution in [0.25, 0.3) is 0 Å². The van der Waals surface area contributed by atoms with Gasteiger partial charge < -0.3 is 24.8 Å². The second kappa shape index (κ2) is 8.91. The van der Waals surface area contributed by atoms with Crippen molar-refractivity contribution in [1.82, 2.24) is 4.98 Å². The number of alkyl halides is 3. The molecule has 2 aromatic carbocycles. The molecule has 1 amide bonds. The SMILES string of the molecule is COc1ccc(Nc2nc(C(=O)Nc3ccccc3OC(F)(F)F)cs2)c(OC)c1. The fourth-order valence-corrected chi connectivity index (χ4v) is 3.13. The summed E-state index contributed by atoms with van der Waals surface area (Å²) < 4.78 is 52.0. The maximum absolute atomic E-state index is 12.5. The second-order valence-corrected chi connectivity index (χ2v) is 6.59. The first-order valence-corrected chi connectivity index (χ1v) is 9.27. The van der Waals surface area contributed by atoms with Gasteiger partial charge in [-0.1, -0.05) is 12.1 Å². The molecule has 0 aliphatic rings.